The molecular weight excluding hydrogens is 372 g/mol. The Hall–Kier alpha value is -3.61. The van der Waals surface area contributed by atoms with Crippen LogP contribution >= 0.6 is 0 Å². The van der Waals surface area contributed by atoms with Gasteiger partial charge in [0.05, 0.1) is 6.54 Å². The average Bonchev–Trinajstić information content (AvgIpc) is 2.69. The van der Waals surface area contributed by atoms with E-state index >= 15 is 0 Å². The minimum atomic E-state index is -0.458. The highest BCUT2D eigenvalue weighted by molar-refractivity contribution is 5.95. The highest BCUT2D eigenvalue weighted by atomic mass is 16.5. The second-order valence-electron chi connectivity index (χ2n) is 6.79. The number of aryl methyl sites for hydroxylation is 1. The molecule has 3 aromatic rings. The van der Waals surface area contributed by atoms with Crippen molar-refractivity contribution < 1.29 is 18.7 Å². The van der Waals surface area contributed by atoms with E-state index in [4.69, 9.17) is 9.15 Å². The summed E-state index contributed by atoms with van der Waals surface area (Å²) in [6.07, 6.45) is 0. The fourth-order valence-electron chi connectivity index (χ4n) is 2.77. The maximum absolute atomic E-state index is 12.3. The summed E-state index contributed by atoms with van der Waals surface area (Å²) in [5.41, 5.74) is 2.71. The normalized spacial score (nSPS) is 10.6. The second kappa shape index (κ2) is 8.60. The van der Waals surface area contributed by atoms with E-state index in [1.165, 1.54) is 18.0 Å². The van der Waals surface area contributed by atoms with Gasteiger partial charge < -0.3 is 19.4 Å². The van der Waals surface area contributed by atoms with Crippen LogP contribution in [-0.4, -0.2) is 36.9 Å². The van der Waals surface area contributed by atoms with Crippen LogP contribution in [-0.2, 0) is 9.59 Å². The summed E-state index contributed by atoms with van der Waals surface area (Å²) in [6, 6.07) is 13.6. The van der Waals surface area contributed by atoms with E-state index in [1.807, 2.05) is 32.0 Å². The van der Waals surface area contributed by atoms with Gasteiger partial charge in [-0.05, 0) is 49.2 Å². The van der Waals surface area contributed by atoms with Crippen LogP contribution in [0, 0.1) is 13.8 Å². The zero-order valence-corrected chi connectivity index (χ0v) is 16.5. The fourth-order valence-corrected chi connectivity index (χ4v) is 2.77. The number of carbonyl (C=O) groups excluding carboxylic acids is 2. The number of anilines is 1. The van der Waals surface area contributed by atoms with Gasteiger partial charge in [0.2, 0.25) is 5.91 Å². The molecule has 0 atom stereocenters. The maximum Gasteiger partial charge on any atom is 0.336 e. The predicted molar refractivity (Wildman–Crippen MR) is 110 cm³/mol. The number of nitrogens with zero attached hydrogens (tertiary/aromatic N) is 1. The monoisotopic (exact) mass is 394 g/mol. The summed E-state index contributed by atoms with van der Waals surface area (Å²) in [6.45, 7) is 3.56. The Bertz CT molecular complexity index is 1120. The molecule has 0 radical (unpaired) electrons. The van der Waals surface area contributed by atoms with Crippen LogP contribution in [0.2, 0.25) is 0 Å². The molecule has 29 heavy (non-hydrogen) atoms. The molecule has 1 aromatic heterocycles. The van der Waals surface area contributed by atoms with Gasteiger partial charge in [0.15, 0.2) is 6.61 Å². The molecule has 150 valence electrons. The molecule has 0 aliphatic carbocycles. The van der Waals surface area contributed by atoms with E-state index in [-0.39, 0.29) is 25.0 Å². The van der Waals surface area contributed by atoms with Gasteiger partial charge in [-0.25, -0.2) is 4.79 Å². The van der Waals surface area contributed by atoms with Gasteiger partial charge >= 0.3 is 5.63 Å². The Morgan fingerprint density at radius 3 is 2.66 bits per heavy atom. The first-order chi connectivity index (χ1) is 13.8. The third-order valence-electron chi connectivity index (χ3n) is 4.64. The molecule has 1 heterocycles. The minimum Gasteiger partial charge on any atom is -0.484 e. The lowest BCUT2D eigenvalue weighted by atomic mass is 10.1. The van der Waals surface area contributed by atoms with Crippen LogP contribution in [0.3, 0.4) is 0 Å². The topological polar surface area (TPSA) is 88.9 Å². The van der Waals surface area contributed by atoms with Crippen LogP contribution < -0.4 is 15.7 Å². The molecule has 7 nitrogen and oxygen atoms in total. The molecule has 0 fully saturated rings. The highest BCUT2D eigenvalue weighted by Crippen LogP contribution is 2.20. The molecule has 0 saturated heterocycles. The first kappa shape index (κ1) is 20.1. The first-order valence-corrected chi connectivity index (χ1v) is 9.10. The Balaban J connectivity index is 1.55. The van der Waals surface area contributed by atoms with Crippen LogP contribution in [0.5, 0.6) is 5.75 Å². The van der Waals surface area contributed by atoms with E-state index in [9.17, 15) is 14.4 Å². The van der Waals surface area contributed by atoms with E-state index in [0.717, 1.165) is 22.2 Å². The molecule has 0 saturated carbocycles. The van der Waals surface area contributed by atoms with Crippen molar-refractivity contribution in [2.75, 3.05) is 25.5 Å². The van der Waals surface area contributed by atoms with Gasteiger partial charge in [-0.1, -0.05) is 12.1 Å². The molecule has 3 rings (SSSR count). The highest BCUT2D eigenvalue weighted by Gasteiger charge is 2.15. The minimum absolute atomic E-state index is 0.0951. The number of hydrogen-bond acceptors (Lipinski definition) is 5. The van der Waals surface area contributed by atoms with Gasteiger partial charge in [0, 0.05) is 30.3 Å². The second-order valence-corrected chi connectivity index (χ2v) is 6.79. The fraction of sp³-hybridized carbons (Fsp3) is 0.227. The van der Waals surface area contributed by atoms with E-state index in [1.54, 1.807) is 24.3 Å². The smallest absolute Gasteiger partial charge is 0.336 e. The number of hydrogen-bond donors (Lipinski definition) is 1. The van der Waals surface area contributed by atoms with Crippen molar-refractivity contribution in [2.24, 2.45) is 0 Å². The number of amides is 2. The zero-order valence-electron chi connectivity index (χ0n) is 16.5. The van der Waals surface area contributed by atoms with Crippen LogP contribution in [0.4, 0.5) is 5.69 Å². The number of fused-ring (bicyclic) bond motifs is 1. The predicted octanol–water partition coefficient (Wildman–Crippen LogP) is 2.89. The molecule has 0 bridgehead atoms. The number of ether oxygens (including phenoxy) is 1. The van der Waals surface area contributed by atoms with Crippen molar-refractivity contribution >= 4 is 28.5 Å². The standard InChI is InChI=1S/C22H22N2O5/c1-14-5-4-6-18(15(14)2)23-20(25)12-24(3)21(26)13-28-17-9-7-16-8-10-22(27)29-19(16)11-17/h4-11H,12-13H2,1-3H3,(H,23,25). The van der Waals surface area contributed by atoms with Crippen molar-refractivity contribution in [1.29, 1.82) is 0 Å². The number of carbonyl (C=O) groups is 2. The molecule has 7 heteroatoms. The SMILES string of the molecule is Cc1cccc(NC(=O)CN(C)C(=O)COc2ccc3ccc(=O)oc3c2)c1C. The summed E-state index contributed by atoms with van der Waals surface area (Å²) in [5, 5.41) is 3.57. The first-order valence-electron chi connectivity index (χ1n) is 9.10. The number of nitrogens with one attached hydrogen (secondary N) is 1. The molecule has 2 amide bonds. The van der Waals surface area contributed by atoms with Gasteiger partial charge in [-0.2, -0.15) is 0 Å². The molecule has 2 aromatic carbocycles. The van der Waals surface area contributed by atoms with Gasteiger partial charge in [0.25, 0.3) is 5.91 Å². The quantitative estimate of drug-likeness (QED) is 0.650. The van der Waals surface area contributed by atoms with Crippen molar-refractivity contribution in [3.8, 4) is 5.75 Å². The van der Waals surface area contributed by atoms with Gasteiger partial charge in [-0.15, -0.1) is 0 Å². The van der Waals surface area contributed by atoms with Crippen molar-refractivity contribution in [1.82, 2.24) is 4.90 Å². The zero-order chi connectivity index (χ0) is 21.0. The van der Waals surface area contributed by atoms with Crippen LogP contribution in [0.1, 0.15) is 11.1 Å². The van der Waals surface area contributed by atoms with E-state index in [0.29, 0.717) is 11.3 Å². The van der Waals surface area contributed by atoms with Gasteiger partial charge in [-0.3, -0.25) is 9.59 Å². The number of benzene rings is 2. The molecule has 1 N–H and O–H groups in total. The molecule has 0 unspecified atom stereocenters. The summed E-state index contributed by atoms with van der Waals surface area (Å²) in [7, 11) is 1.54. The molecular formula is C22H22N2O5. The Morgan fingerprint density at radius 2 is 1.86 bits per heavy atom. The maximum atomic E-state index is 12.3. The average molecular weight is 394 g/mol. The summed E-state index contributed by atoms with van der Waals surface area (Å²) in [4.78, 5) is 37.2. The largest absolute Gasteiger partial charge is 0.484 e. The number of rotatable bonds is 6. The van der Waals surface area contributed by atoms with E-state index < -0.39 is 5.63 Å². The molecule has 0 aliphatic rings. The van der Waals surface area contributed by atoms with E-state index in [2.05, 4.69) is 5.32 Å². The Morgan fingerprint density at radius 1 is 1.10 bits per heavy atom. The van der Waals surface area contributed by atoms with Crippen molar-refractivity contribution in [2.45, 2.75) is 13.8 Å². The van der Waals surface area contributed by atoms with Crippen LogP contribution in [0.25, 0.3) is 11.0 Å². The van der Waals surface area contributed by atoms with Crippen LogP contribution in [0.15, 0.2) is 57.7 Å². The lowest BCUT2D eigenvalue weighted by molar-refractivity contribution is -0.135. The lowest BCUT2D eigenvalue weighted by Gasteiger charge is -2.18. The van der Waals surface area contributed by atoms with Gasteiger partial charge in [0.1, 0.15) is 11.3 Å². The number of likely N-dealkylation sites (N-methyl/N-ethyl adjacent to an activating group) is 1. The summed E-state index contributed by atoms with van der Waals surface area (Å²) in [5.74, 6) is -0.244. The third kappa shape index (κ3) is 5.01. The molecule has 0 spiro atoms. The summed E-state index contributed by atoms with van der Waals surface area (Å²) < 4.78 is 10.6. The Kier molecular flexibility index (Phi) is 5.97. The van der Waals surface area contributed by atoms with Crippen molar-refractivity contribution in [3.05, 3.63) is 70.1 Å². The summed E-state index contributed by atoms with van der Waals surface area (Å²) >= 11 is 0. The Labute approximate surface area is 167 Å². The van der Waals surface area contributed by atoms with Crippen molar-refractivity contribution in [3.63, 3.8) is 0 Å². The molecule has 0 aliphatic heterocycles. The lowest BCUT2D eigenvalue weighted by Crippen LogP contribution is -2.37. The third-order valence-corrected chi connectivity index (χ3v) is 4.64.